The van der Waals surface area contributed by atoms with Crippen LogP contribution in [0.15, 0.2) is 109 Å². The molecule has 0 saturated carbocycles. The number of carbonyl (C=O) groups excluding carboxylic acids is 1. The number of benzene rings is 4. The van der Waals surface area contributed by atoms with Gasteiger partial charge in [-0.05, 0) is 121 Å². The maximum absolute atomic E-state index is 12.9. The van der Waals surface area contributed by atoms with Gasteiger partial charge in [0.1, 0.15) is 12.4 Å². The smallest absolute Gasteiger partial charge is 0.416 e. The summed E-state index contributed by atoms with van der Waals surface area (Å²) in [5, 5.41) is 0. The quantitative estimate of drug-likeness (QED) is 0.101. The third-order valence-electron chi connectivity index (χ3n) is 10.2. The van der Waals surface area contributed by atoms with Gasteiger partial charge in [-0.2, -0.15) is 13.2 Å². The Morgan fingerprint density at radius 2 is 1.40 bits per heavy atom. The van der Waals surface area contributed by atoms with Crippen LogP contribution in [-0.2, 0) is 56.0 Å². The lowest BCUT2D eigenvalue weighted by Gasteiger charge is -2.36. The van der Waals surface area contributed by atoms with Gasteiger partial charge >= 0.3 is 12.1 Å². The Kier molecular flexibility index (Phi) is 12.6. The minimum absolute atomic E-state index is 0.275. The zero-order valence-corrected chi connectivity index (χ0v) is 30.5. The Balaban J connectivity index is 1.10. The minimum Gasteiger partial charge on any atom is -0.489 e. The van der Waals surface area contributed by atoms with Crippen LogP contribution in [0.5, 0.6) is 5.75 Å². The summed E-state index contributed by atoms with van der Waals surface area (Å²) < 4.78 is 50.0. The molecular weight excluding hydrogens is 674 g/mol. The Morgan fingerprint density at radius 3 is 2.08 bits per heavy atom. The third-order valence-corrected chi connectivity index (χ3v) is 10.2. The maximum atomic E-state index is 12.9. The first-order valence-corrected chi connectivity index (χ1v) is 18.5. The molecule has 0 spiro atoms. The molecule has 0 saturated heterocycles. The van der Waals surface area contributed by atoms with Crippen molar-refractivity contribution in [3.8, 4) is 5.75 Å². The van der Waals surface area contributed by atoms with Gasteiger partial charge in [-0.3, -0.25) is 9.88 Å². The van der Waals surface area contributed by atoms with Crippen molar-refractivity contribution in [3.63, 3.8) is 0 Å². The molecule has 1 aromatic heterocycles. The largest absolute Gasteiger partial charge is 0.489 e. The number of halogens is 3. The lowest BCUT2D eigenvalue weighted by Crippen LogP contribution is -2.35. The van der Waals surface area contributed by atoms with Crippen molar-refractivity contribution in [1.82, 2.24) is 9.88 Å². The van der Waals surface area contributed by atoms with E-state index in [1.807, 2.05) is 36.4 Å². The Hall–Kier alpha value is -4.95. The Bertz CT molecular complexity index is 1940. The van der Waals surface area contributed by atoms with Crippen molar-refractivity contribution in [2.75, 3.05) is 20.2 Å². The molecule has 0 radical (unpaired) electrons. The van der Waals surface area contributed by atoms with Gasteiger partial charge < -0.3 is 9.47 Å². The second-order valence-corrected chi connectivity index (χ2v) is 13.7. The Labute approximate surface area is 310 Å². The number of rotatable bonds is 15. The van der Waals surface area contributed by atoms with E-state index in [1.54, 1.807) is 12.1 Å². The number of ether oxygens (including phenoxy) is 2. The van der Waals surface area contributed by atoms with E-state index in [-0.39, 0.29) is 12.0 Å². The number of alkyl halides is 3. The summed E-state index contributed by atoms with van der Waals surface area (Å²) in [6.45, 7) is 4.31. The molecule has 1 aliphatic rings. The molecule has 8 heteroatoms. The zero-order chi connectivity index (χ0) is 37.2. The van der Waals surface area contributed by atoms with Crippen LogP contribution in [0.4, 0.5) is 13.2 Å². The number of para-hydroxylation sites is 1. The molecule has 1 atom stereocenters. The molecule has 1 aliphatic carbocycles. The fourth-order valence-electron chi connectivity index (χ4n) is 7.10. The summed E-state index contributed by atoms with van der Waals surface area (Å²) in [5.74, 6) is 0.541. The first kappa shape index (κ1) is 37.8. The number of esters is 1. The lowest BCUT2D eigenvalue weighted by atomic mass is 9.89. The van der Waals surface area contributed by atoms with Crippen LogP contribution in [0.1, 0.15) is 86.5 Å². The van der Waals surface area contributed by atoms with Gasteiger partial charge in [0.05, 0.1) is 18.2 Å². The summed E-state index contributed by atoms with van der Waals surface area (Å²) in [4.78, 5) is 19.6. The molecule has 0 bridgehead atoms. The van der Waals surface area contributed by atoms with Crippen molar-refractivity contribution in [2.45, 2.75) is 77.1 Å². The van der Waals surface area contributed by atoms with Crippen LogP contribution in [-0.4, -0.2) is 36.1 Å². The molecule has 0 fully saturated rings. The lowest BCUT2D eigenvalue weighted by molar-refractivity contribution is -0.137. The number of aryl methyl sites for hydroxylation is 4. The van der Waals surface area contributed by atoms with Gasteiger partial charge in [-0.15, -0.1) is 0 Å². The molecule has 53 heavy (non-hydrogen) atoms. The van der Waals surface area contributed by atoms with E-state index in [9.17, 15) is 18.0 Å². The van der Waals surface area contributed by atoms with Crippen molar-refractivity contribution in [3.05, 3.63) is 165 Å². The van der Waals surface area contributed by atoms with E-state index in [0.717, 1.165) is 104 Å². The first-order valence-electron chi connectivity index (χ1n) is 18.5. The summed E-state index contributed by atoms with van der Waals surface area (Å²) in [5.41, 5.74) is 9.01. The van der Waals surface area contributed by atoms with Gasteiger partial charge in [-0.1, -0.05) is 79.7 Å². The number of fused-ring (bicyclic) bond motifs is 1. The number of nitrogens with zero attached hydrogens (tertiary/aromatic N) is 2. The summed E-state index contributed by atoms with van der Waals surface area (Å²) >= 11 is 0. The molecule has 0 N–H and O–H groups in total. The average Bonchev–Trinajstić information content (AvgIpc) is 3.19. The van der Waals surface area contributed by atoms with Crippen LogP contribution in [0, 0.1) is 0 Å². The van der Waals surface area contributed by atoms with E-state index in [0.29, 0.717) is 18.6 Å². The molecule has 5 nitrogen and oxygen atoms in total. The second kappa shape index (κ2) is 17.7. The average molecular weight is 721 g/mol. The van der Waals surface area contributed by atoms with Crippen molar-refractivity contribution in [1.29, 1.82) is 0 Å². The fraction of sp³-hybridized carbons (Fsp3) is 0.333. The zero-order valence-electron chi connectivity index (χ0n) is 30.5. The summed E-state index contributed by atoms with van der Waals surface area (Å²) in [6.07, 6.45) is 2.90. The van der Waals surface area contributed by atoms with E-state index >= 15 is 0 Å². The molecule has 6 rings (SSSR count). The van der Waals surface area contributed by atoms with Gasteiger partial charge in [0.15, 0.2) is 0 Å². The number of methoxy groups -OCH3 is 1. The maximum Gasteiger partial charge on any atom is 0.416 e. The Morgan fingerprint density at radius 1 is 0.774 bits per heavy atom. The molecule has 1 unspecified atom stereocenters. The SMILES string of the molecule is CCc1ccc2c(n1)CCCC2N(CCc1ccc(C(=O)OC)cc1)CCc1ccccc1OCc1ccc(CCc2ccc(C(F)(F)F)cc2)cc1. The molecular formula is C45H47F3N2O3. The highest BCUT2D eigenvalue weighted by molar-refractivity contribution is 5.89. The monoisotopic (exact) mass is 720 g/mol. The molecule has 0 amide bonds. The number of aromatic nitrogens is 1. The molecule has 1 heterocycles. The van der Waals surface area contributed by atoms with Gasteiger partial charge in [0, 0.05) is 30.5 Å². The topological polar surface area (TPSA) is 51.7 Å². The van der Waals surface area contributed by atoms with Gasteiger partial charge in [0.2, 0.25) is 0 Å². The standard InChI is InChI=1S/C45H47F3N2O3/c1-3-39-25-26-40-41(49-39)8-6-9-42(40)50(29-27-34-17-21-37(22-18-34)44(51)52-2)30-28-36-7-4-5-10-43(36)53-31-35-15-13-32(14-16-35)11-12-33-19-23-38(24-20-33)45(46,47)48/h4-5,7,10,13-26,42H,3,6,8-9,11-12,27-31H2,1-2H3. The van der Waals surface area contributed by atoms with Crippen molar-refractivity contribution >= 4 is 5.97 Å². The highest BCUT2D eigenvalue weighted by atomic mass is 19.4. The van der Waals surface area contributed by atoms with Crippen LogP contribution in [0.2, 0.25) is 0 Å². The molecule has 0 aliphatic heterocycles. The highest BCUT2D eigenvalue weighted by Crippen LogP contribution is 2.35. The minimum atomic E-state index is -4.32. The van der Waals surface area contributed by atoms with E-state index in [4.69, 9.17) is 14.5 Å². The van der Waals surface area contributed by atoms with Crippen molar-refractivity contribution in [2.24, 2.45) is 0 Å². The summed E-state index contributed by atoms with van der Waals surface area (Å²) in [7, 11) is 1.40. The number of hydrogen-bond donors (Lipinski definition) is 0. The first-order chi connectivity index (χ1) is 25.7. The predicted octanol–water partition coefficient (Wildman–Crippen LogP) is 9.98. The van der Waals surface area contributed by atoms with Crippen molar-refractivity contribution < 1.29 is 27.4 Å². The van der Waals surface area contributed by atoms with E-state index < -0.39 is 11.7 Å². The number of carbonyl (C=O) groups is 1. The number of hydrogen-bond acceptors (Lipinski definition) is 5. The van der Waals surface area contributed by atoms with Crippen LogP contribution < -0.4 is 4.74 Å². The number of pyridine rings is 1. The second-order valence-electron chi connectivity index (χ2n) is 13.7. The third kappa shape index (κ3) is 10.1. The van der Waals surface area contributed by atoms with Gasteiger partial charge in [-0.25, -0.2) is 4.79 Å². The van der Waals surface area contributed by atoms with E-state index in [2.05, 4.69) is 60.4 Å². The summed E-state index contributed by atoms with van der Waals surface area (Å²) in [6, 6.07) is 34.4. The normalized spacial score (nSPS) is 14.2. The highest BCUT2D eigenvalue weighted by Gasteiger charge is 2.30. The predicted molar refractivity (Wildman–Crippen MR) is 202 cm³/mol. The molecule has 5 aromatic rings. The van der Waals surface area contributed by atoms with Crippen LogP contribution >= 0.6 is 0 Å². The molecule has 276 valence electrons. The van der Waals surface area contributed by atoms with E-state index in [1.165, 1.54) is 23.9 Å². The van der Waals surface area contributed by atoms with Crippen LogP contribution in [0.3, 0.4) is 0 Å². The fourth-order valence-corrected chi connectivity index (χ4v) is 7.10. The van der Waals surface area contributed by atoms with Gasteiger partial charge in [0.25, 0.3) is 0 Å². The van der Waals surface area contributed by atoms with Crippen LogP contribution in [0.25, 0.3) is 0 Å². The molecule has 4 aromatic carbocycles.